The molecule has 4 rings (SSSR count). The number of sulfone groups is 1. The number of fused-ring (bicyclic) bond motifs is 3. The fraction of sp³-hybridized carbons (Fsp3) is 0.550. The maximum atomic E-state index is 11.8. The molecule has 0 atom stereocenters. The van der Waals surface area contributed by atoms with Crippen LogP contribution in [0.1, 0.15) is 6.42 Å². The maximum absolute atomic E-state index is 11.8. The van der Waals surface area contributed by atoms with E-state index in [0.717, 1.165) is 35.5 Å². The molecule has 1 aliphatic rings. The van der Waals surface area contributed by atoms with E-state index in [2.05, 4.69) is 46.1 Å². The van der Waals surface area contributed by atoms with Crippen molar-refractivity contribution >= 4 is 40.4 Å². The first-order valence-electron chi connectivity index (χ1n) is 10.2. The van der Waals surface area contributed by atoms with Crippen LogP contribution in [0, 0.1) is 0 Å². The average molecular weight is 435 g/mol. The molecule has 0 bridgehead atoms. The van der Waals surface area contributed by atoms with Gasteiger partial charge >= 0.3 is 0 Å². The molecule has 9 heteroatoms. The predicted octanol–water partition coefficient (Wildman–Crippen LogP) is 3.23. The van der Waals surface area contributed by atoms with E-state index in [0.29, 0.717) is 19.8 Å². The van der Waals surface area contributed by atoms with Gasteiger partial charge in [-0.05, 0) is 24.6 Å². The lowest BCUT2D eigenvalue weighted by molar-refractivity contribution is 0.0799. The predicted molar refractivity (Wildman–Crippen MR) is 120 cm³/mol. The van der Waals surface area contributed by atoms with Crippen LogP contribution in [0.5, 0.6) is 0 Å². The van der Waals surface area contributed by atoms with E-state index in [1.54, 1.807) is 0 Å². The normalized spacial score (nSPS) is 17.4. The molecule has 0 aliphatic carbocycles. The number of anilines is 1. The molecule has 1 fully saturated rings. The van der Waals surface area contributed by atoms with Crippen LogP contribution in [-0.4, -0.2) is 61.6 Å². The van der Waals surface area contributed by atoms with E-state index in [1.165, 1.54) is 6.04 Å². The van der Waals surface area contributed by atoms with Crippen molar-refractivity contribution in [1.29, 1.82) is 0 Å². The van der Waals surface area contributed by atoms with Gasteiger partial charge in [0.05, 0.1) is 28.7 Å². The van der Waals surface area contributed by atoms with E-state index in [4.69, 9.17) is 4.74 Å². The number of rotatable bonds is 7. The van der Waals surface area contributed by atoms with Crippen molar-refractivity contribution in [3.63, 3.8) is 0 Å². The van der Waals surface area contributed by atoms with Crippen LogP contribution in [0.3, 0.4) is 0 Å². The molecule has 0 unspecified atom stereocenters. The van der Waals surface area contributed by atoms with Crippen molar-refractivity contribution < 1.29 is 13.2 Å². The Morgan fingerprint density at radius 1 is 1.14 bits per heavy atom. The van der Waals surface area contributed by atoms with Crippen molar-refractivity contribution in [2.75, 3.05) is 36.1 Å². The van der Waals surface area contributed by atoms with Gasteiger partial charge in [-0.1, -0.05) is 25.7 Å². The fourth-order valence-corrected chi connectivity index (χ4v) is 6.27. The first kappa shape index (κ1) is 20.4. The molecule has 1 saturated heterocycles. The molecule has 3 aromatic heterocycles. The summed E-state index contributed by atoms with van der Waals surface area (Å²) < 4.78 is 33.7. The van der Waals surface area contributed by atoms with Gasteiger partial charge in [-0.25, -0.2) is 13.4 Å². The molecule has 29 heavy (non-hydrogen) atoms. The maximum Gasteiger partial charge on any atom is 0.158 e. The highest BCUT2D eigenvalue weighted by molar-refractivity contribution is 7.91. The summed E-state index contributed by atoms with van der Waals surface area (Å²) in [6.07, 6.45) is 4.99. The Kier molecular flexibility index (Phi) is 5.47. The molecule has 0 spiro atoms. The fourth-order valence-electron chi connectivity index (χ4n) is 3.86. The summed E-state index contributed by atoms with van der Waals surface area (Å²) in [6.45, 7) is 9.46. The zero-order chi connectivity index (χ0) is 20.6. The summed E-state index contributed by atoms with van der Waals surface area (Å²) >= 11 is 0. The minimum atomic E-state index is -2.90. The lowest BCUT2D eigenvalue weighted by Gasteiger charge is -2.28. The molecule has 158 valence electrons. The zero-order valence-electron chi connectivity index (χ0n) is 17.5. The standard InChI is InChI=1S/C20H30N4O3SSi/c1-29(2,3)14-4-11-27-16-23-8-7-18-20(23)21-15-17-5-6-19(24(17)18)22-9-12-28(25,26)13-10-22/h5-8,15H,4,9-14,16H2,1-3H3. The van der Waals surface area contributed by atoms with Crippen LogP contribution in [0.25, 0.3) is 16.7 Å². The van der Waals surface area contributed by atoms with E-state index in [-0.39, 0.29) is 11.5 Å². The van der Waals surface area contributed by atoms with Crippen molar-refractivity contribution in [2.45, 2.75) is 38.8 Å². The van der Waals surface area contributed by atoms with Gasteiger partial charge in [-0.3, -0.25) is 4.40 Å². The first-order chi connectivity index (χ1) is 13.7. The molecule has 0 radical (unpaired) electrons. The van der Waals surface area contributed by atoms with Gasteiger partial charge in [0.1, 0.15) is 12.5 Å². The summed E-state index contributed by atoms with van der Waals surface area (Å²) in [4.78, 5) is 6.79. The van der Waals surface area contributed by atoms with Crippen molar-refractivity contribution in [3.05, 3.63) is 30.6 Å². The van der Waals surface area contributed by atoms with Gasteiger partial charge in [0.15, 0.2) is 15.5 Å². The lowest BCUT2D eigenvalue weighted by atomic mass is 10.4. The first-order valence-corrected chi connectivity index (χ1v) is 15.7. The van der Waals surface area contributed by atoms with Crippen LogP contribution < -0.4 is 4.90 Å². The van der Waals surface area contributed by atoms with E-state index >= 15 is 0 Å². The van der Waals surface area contributed by atoms with Gasteiger partial charge in [0.2, 0.25) is 0 Å². The molecule has 0 N–H and O–H groups in total. The molecule has 0 aromatic carbocycles. The molecule has 1 aliphatic heterocycles. The second-order valence-corrected chi connectivity index (χ2v) is 17.0. The highest BCUT2D eigenvalue weighted by Gasteiger charge is 2.24. The Labute approximate surface area is 173 Å². The number of ether oxygens (including phenoxy) is 1. The van der Waals surface area contributed by atoms with Crippen LogP contribution >= 0.6 is 0 Å². The van der Waals surface area contributed by atoms with Crippen molar-refractivity contribution in [3.8, 4) is 0 Å². The van der Waals surface area contributed by atoms with Gasteiger partial charge in [-0.15, -0.1) is 0 Å². The number of nitrogens with zero attached hydrogens (tertiary/aromatic N) is 4. The SMILES string of the molecule is C[Si](C)(C)CCCOCn1ccc2c1ncc1ccc(N3CCS(=O)(=O)CC3)n12. The number of hydrogen-bond acceptors (Lipinski definition) is 5. The minimum absolute atomic E-state index is 0.209. The van der Waals surface area contributed by atoms with Gasteiger partial charge in [0, 0.05) is 34.0 Å². The third kappa shape index (κ3) is 4.51. The van der Waals surface area contributed by atoms with E-state index < -0.39 is 17.9 Å². The molecule has 7 nitrogen and oxygen atoms in total. The largest absolute Gasteiger partial charge is 0.361 e. The summed E-state index contributed by atoms with van der Waals surface area (Å²) in [6, 6.07) is 7.43. The Hall–Kier alpha value is -1.84. The zero-order valence-corrected chi connectivity index (χ0v) is 19.3. The molecule has 3 aromatic rings. The average Bonchev–Trinajstić information content (AvgIpc) is 3.24. The van der Waals surface area contributed by atoms with Gasteiger partial charge in [-0.2, -0.15) is 0 Å². The summed E-state index contributed by atoms with van der Waals surface area (Å²) in [7, 11) is -3.92. The van der Waals surface area contributed by atoms with E-state index in [9.17, 15) is 8.42 Å². The summed E-state index contributed by atoms with van der Waals surface area (Å²) in [5.74, 6) is 1.44. The Morgan fingerprint density at radius 2 is 1.90 bits per heavy atom. The third-order valence-corrected chi connectivity index (χ3v) is 8.94. The number of aromatic nitrogens is 3. The van der Waals surface area contributed by atoms with Crippen LogP contribution in [0.2, 0.25) is 25.7 Å². The van der Waals surface area contributed by atoms with Crippen molar-refractivity contribution in [2.24, 2.45) is 0 Å². The highest BCUT2D eigenvalue weighted by Crippen LogP contribution is 2.26. The Bertz CT molecular complexity index is 1100. The van der Waals surface area contributed by atoms with Crippen LogP contribution in [0.4, 0.5) is 5.82 Å². The molecule has 4 heterocycles. The summed E-state index contributed by atoms with van der Waals surface area (Å²) in [5.41, 5.74) is 2.90. The Morgan fingerprint density at radius 3 is 2.62 bits per heavy atom. The molecular weight excluding hydrogens is 404 g/mol. The summed E-state index contributed by atoms with van der Waals surface area (Å²) in [5, 5.41) is 0. The second-order valence-electron chi connectivity index (χ2n) is 9.04. The quantitative estimate of drug-likeness (QED) is 0.422. The monoisotopic (exact) mass is 434 g/mol. The molecular formula is C20H30N4O3SSi. The third-order valence-electron chi connectivity index (χ3n) is 5.48. The lowest BCUT2D eigenvalue weighted by Crippen LogP contribution is -2.40. The topological polar surface area (TPSA) is 68.8 Å². The molecule has 0 amide bonds. The van der Waals surface area contributed by atoms with Crippen LogP contribution in [0.15, 0.2) is 30.6 Å². The second kappa shape index (κ2) is 7.77. The smallest absolute Gasteiger partial charge is 0.158 e. The minimum Gasteiger partial charge on any atom is -0.361 e. The highest BCUT2D eigenvalue weighted by atomic mass is 32.2. The Balaban J connectivity index is 1.53. The number of hydrogen-bond donors (Lipinski definition) is 0. The van der Waals surface area contributed by atoms with Gasteiger partial charge in [0.25, 0.3) is 0 Å². The van der Waals surface area contributed by atoms with Crippen molar-refractivity contribution in [1.82, 2.24) is 14.0 Å². The molecule has 0 saturated carbocycles. The van der Waals surface area contributed by atoms with Gasteiger partial charge < -0.3 is 14.2 Å². The van der Waals surface area contributed by atoms with Crippen LogP contribution in [-0.2, 0) is 21.3 Å². The van der Waals surface area contributed by atoms with E-state index in [1.807, 2.05) is 23.0 Å².